The van der Waals surface area contributed by atoms with Gasteiger partial charge in [0.1, 0.15) is 6.54 Å². The highest BCUT2D eigenvalue weighted by Gasteiger charge is 2.36. The van der Waals surface area contributed by atoms with E-state index >= 15 is 0 Å². The minimum absolute atomic E-state index is 0.0729. The van der Waals surface area contributed by atoms with E-state index < -0.39 is 17.4 Å². The van der Waals surface area contributed by atoms with Crippen molar-refractivity contribution in [3.63, 3.8) is 0 Å². The van der Waals surface area contributed by atoms with E-state index in [0.29, 0.717) is 16.9 Å². The lowest BCUT2D eigenvalue weighted by Crippen LogP contribution is -2.46. The minimum Gasteiger partial charge on any atom is -0.465 e. The molecule has 0 saturated heterocycles. The van der Waals surface area contributed by atoms with Crippen molar-refractivity contribution in [3.05, 3.63) is 59.7 Å². The van der Waals surface area contributed by atoms with E-state index in [2.05, 4.69) is 5.32 Å². The zero-order valence-electron chi connectivity index (χ0n) is 23.7. The molecule has 2 aliphatic rings. The smallest absolute Gasteiger partial charge is 0.345 e. The van der Waals surface area contributed by atoms with Gasteiger partial charge in [-0.15, -0.1) is 0 Å². The lowest BCUT2D eigenvalue weighted by molar-refractivity contribution is -0.124. The topological polar surface area (TPSA) is 108 Å². The number of benzene rings is 2. The number of amides is 2. The second kappa shape index (κ2) is 12.4. The van der Waals surface area contributed by atoms with Crippen molar-refractivity contribution >= 4 is 40.7 Å². The third-order valence-corrected chi connectivity index (χ3v) is 7.38. The van der Waals surface area contributed by atoms with Crippen molar-refractivity contribution < 1.29 is 23.9 Å². The molecule has 2 amide bonds. The normalized spacial score (nSPS) is 16.1. The lowest BCUT2D eigenvalue weighted by Gasteiger charge is -2.28. The molecule has 1 aliphatic heterocycles. The molecule has 9 heteroatoms. The molecule has 1 saturated carbocycles. The molecule has 0 aromatic heterocycles. The maximum Gasteiger partial charge on any atom is 0.345 e. The molecule has 212 valence electrons. The molecule has 9 nitrogen and oxygen atoms in total. The van der Waals surface area contributed by atoms with Crippen molar-refractivity contribution in [1.29, 1.82) is 0 Å². The first-order chi connectivity index (χ1) is 19.1. The van der Waals surface area contributed by atoms with Crippen LogP contribution in [0.25, 0.3) is 0 Å². The van der Waals surface area contributed by atoms with Gasteiger partial charge in [-0.1, -0.05) is 64.3 Å². The van der Waals surface area contributed by atoms with Crippen LogP contribution in [0.3, 0.4) is 0 Å². The van der Waals surface area contributed by atoms with Gasteiger partial charge in [0.05, 0.1) is 37.2 Å². The number of urea groups is 1. The molecule has 0 bridgehead atoms. The van der Waals surface area contributed by atoms with Crippen molar-refractivity contribution in [3.8, 4) is 0 Å². The Morgan fingerprint density at radius 3 is 2.42 bits per heavy atom. The Kier molecular flexibility index (Phi) is 9.02. The largest absolute Gasteiger partial charge is 0.465 e. The fraction of sp³-hybridized carbons (Fsp3) is 0.452. The second-order valence-electron chi connectivity index (χ2n) is 11.4. The number of nitrogens with one attached hydrogen (secondary N) is 1. The van der Waals surface area contributed by atoms with E-state index in [9.17, 15) is 19.2 Å². The molecule has 1 aliphatic carbocycles. The minimum atomic E-state index is -0.641. The number of carbonyl (C=O) groups is 4. The predicted octanol–water partition coefficient (Wildman–Crippen LogP) is 5.30. The number of ketones is 2. The molecule has 0 atom stereocenters. The molecule has 1 N–H and O–H groups in total. The lowest BCUT2D eigenvalue weighted by atomic mass is 9.83. The van der Waals surface area contributed by atoms with Crippen molar-refractivity contribution in [1.82, 2.24) is 5.01 Å². The number of methoxy groups -OCH3 is 1. The fourth-order valence-electron chi connectivity index (χ4n) is 5.01. The number of anilines is 2. The maximum atomic E-state index is 13.9. The van der Waals surface area contributed by atoms with Gasteiger partial charge >= 0.3 is 12.0 Å². The number of esters is 1. The first kappa shape index (κ1) is 29.0. The number of ether oxygens (including phenoxy) is 1. The Labute approximate surface area is 235 Å². The predicted molar refractivity (Wildman–Crippen MR) is 155 cm³/mol. The third-order valence-electron chi connectivity index (χ3n) is 7.38. The number of hydrogen-bond acceptors (Lipinski definition) is 7. The molecule has 0 radical (unpaired) electrons. The second-order valence-corrected chi connectivity index (χ2v) is 11.4. The van der Waals surface area contributed by atoms with Gasteiger partial charge < -0.3 is 10.1 Å². The fourth-order valence-corrected chi connectivity index (χ4v) is 5.01. The Balaban J connectivity index is 1.61. The average molecular weight is 547 g/mol. The SMILES string of the molecule is COC(=O)c1cccc(NCC(=O)CN2N=C(C3CCCCC3)c3ccccc3N(CC(=O)C(C)(C)C)C2=O)c1. The van der Waals surface area contributed by atoms with Gasteiger partial charge in [0.2, 0.25) is 0 Å². The highest BCUT2D eigenvalue weighted by atomic mass is 16.5. The monoisotopic (exact) mass is 546 g/mol. The summed E-state index contributed by atoms with van der Waals surface area (Å²) < 4.78 is 4.76. The van der Waals surface area contributed by atoms with Crippen LogP contribution in [0.15, 0.2) is 53.6 Å². The van der Waals surface area contributed by atoms with Crippen LogP contribution in [0, 0.1) is 11.3 Å². The Morgan fingerprint density at radius 2 is 1.73 bits per heavy atom. The van der Waals surface area contributed by atoms with Gasteiger partial charge in [-0.25, -0.2) is 14.6 Å². The highest BCUT2D eigenvalue weighted by Crippen LogP contribution is 2.34. The van der Waals surface area contributed by atoms with Crippen LogP contribution < -0.4 is 10.2 Å². The van der Waals surface area contributed by atoms with Crippen LogP contribution in [0.4, 0.5) is 16.2 Å². The van der Waals surface area contributed by atoms with Crippen molar-refractivity contribution in [2.75, 3.05) is 37.0 Å². The van der Waals surface area contributed by atoms with E-state index in [4.69, 9.17) is 9.84 Å². The summed E-state index contributed by atoms with van der Waals surface area (Å²) in [6.45, 7) is 5.04. The van der Waals surface area contributed by atoms with E-state index in [1.54, 1.807) is 24.3 Å². The van der Waals surface area contributed by atoms with Gasteiger partial charge in [0.25, 0.3) is 0 Å². The summed E-state index contributed by atoms with van der Waals surface area (Å²) >= 11 is 0. The first-order valence-corrected chi connectivity index (χ1v) is 13.8. The van der Waals surface area contributed by atoms with Gasteiger partial charge in [-0.05, 0) is 37.1 Å². The van der Waals surface area contributed by atoms with Gasteiger partial charge in [0.15, 0.2) is 11.6 Å². The molecule has 2 aromatic carbocycles. The first-order valence-electron chi connectivity index (χ1n) is 13.8. The quantitative estimate of drug-likeness (QED) is 0.428. The number of Topliss-reactive ketones (excluding diaryl/α,β-unsaturated/α-hetero) is 2. The Hall–Kier alpha value is -4.01. The van der Waals surface area contributed by atoms with Crippen LogP contribution in [0.5, 0.6) is 0 Å². The van der Waals surface area contributed by atoms with E-state index in [1.807, 2.05) is 45.0 Å². The number of rotatable bonds is 9. The number of hydrogen-bond donors (Lipinski definition) is 1. The molecule has 0 unspecified atom stereocenters. The zero-order valence-corrected chi connectivity index (χ0v) is 23.7. The van der Waals surface area contributed by atoms with E-state index in [1.165, 1.54) is 23.4 Å². The van der Waals surface area contributed by atoms with Gasteiger partial charge in [0, 0.05) is 22.6 Å². The maximum absolute atomic E-state index is 13.9. The summed E-state index contributed by atoms with van der Waals surface area (Å²) in [4.78, 5) is 53.5. The standard InChI is InChI=1S/C31H38N4O5/c1-31(2,3)27(37)20-34-26-16-9-8-15-25(26)28(21-11-6-5-7-12-21)33-35(30(34)39)19-24(36)18-32-23-14-10-13-22(17-23)29(38)40-4/h8-10,13-17,21,32H,5-7,11-12,18-20H2,1-4H3. The molecule has 2 aromatic rings. The molecule has 4 rings (SSSR count). The summed E-state index contributed by atoms with van der Waals surface area (Å²) in [5.74, 6) is -0.663. The summed E-state index contributed by atoms with van der Waals surface area (Å²) in [6, 6.07) is 13.7. The van der Waals surface area contributed by atoms with Crippen LogP contribution >= 0.6 is 0 Å². The van der Waals surface area contributed by atoms with Crippen LogP contribution in [-0.2, 0) is 14.3 Å². The van der Waals surface area contributed by atoms with Crippen LogP contribution in [0.2, 0.25) is 0 Å². The van der Waals surface area contributed by atoms with Crippen LogP contribution in [-0.4, -0.2) is 61.0 Å². The number of carbonyl (C=O) groups excluding carboxylic acids is 4. The number of fused-ring (bicyclic) bond motifs is 1. The summed E-state index contributed by atoms with van der Waals surface area (Å²) in [6.07, 6.45) is 5.25. The number of para-hydroxylation sites is 1. The summed E-state index contributed by atoms with van der Waals surface area (Å²) in [5.41, 5.74) is 2.56. The molecule has 1 heterocycles. The van der Waals surface area contributed by atoms with Crippen molar-refractivity contribution in [2.45, 2.75) is 52.9 Å². The van der Waals surface area contributed by atoms with E-state index in [-0.39, 0.29) is 37.1 Å². The molecule has 0 spiro atoms. The van der Waals surface area contributed by atoms with Crippen LogP contribution in [0.1, 0.15) is 68.8 Å². The Bertz CT molecular complexity index is 1310. The number of nitrogens with zero attached hydrogens (tertiary/aromatic N) is 3. The zero-order chi connectivity index (χ0) is 28.9. The summed E-state index contributed by atoms with van der Waals surface area (Å²) in [5, 5.41) is 9.07. The molecular weight excluding hydrogens is 508 g/mol. The number of hydrazone groups is 1. The molecular formula is C31H38N4O5. The molecule has 1 fully saturated rings. The van der Waals surface area contributed by atoms with Gasteiger partial charge in [-0.2, -0.15) is 5.10 Å². The van der Waals surface area contributed by atoms with Gasteiger partial charge in [-0.3, -0.25) is 14.5 Å². The third kappa shape index (κ3) is 6.76. The van der Waals surface area contributed by atoms with Crippen molar-refractivity contribution in [2.24, 2.45) is 16.4 Å². The average Bonchev–Trinajstić information content (AvgIpc) is 3.06. The summed E-state index contributed by atoms with van der Waals surface area (Å²) in [7, 11) is 1.31. The molecule has 40 heavy (non-hydrogen) atoms. The van der Waals surface area contributed by atoms with E-state index in [0.717, 1.165) is 37.0 Å². The highest BCUT2D eigenvalue weighted by molar-refractivity contribution is 6.13. The Morgan fingerprint density at radius 1 is 1.00 bits per heavy atom.